The van der Waals surface area contributed by atoms with Gasteiger partial charge in [0.05, 0.1) is 25.9 Å². The zero-order valence-corrected chi connectivity index (χ0v) is 12.3. The fraction of sp³-hybridized carbons (Fsp3) is 1.00. The highest BCUT2D eigenvalue weighted by molar-refractivity contribution is 4.85. The van der Waals surface area contributed by atoms with E-state index in [9.17, 15) is 0 Å². The van der Waals surface area contributed by atoms with Gasteiger partial charge in [-0.2, -0.15) is 0 Å². The summed E-state index contributed by atoms with van der Waals surface area (Å²) in [5.41, 5.74) is 0. The van der Waals surface area contributed by atoms with Gasteiger partial charge in [0, 0.05) is 31.2 Å². The van der Waals surface area contributed by atoms with E-state index in [1.807, 2.05) is 0 Å². The van der Waals surface area contributed by atoms with Crippen LogP contribution in [-0.4, -0.2) is 74.0 Å². The summed E-state index contributed by atoms with van der Waals surface area (Å²) in [5.74, 6) is 0. The molecule has 18 heavy (non-hydrogen) atoms. The molecule has 4 atom stereocenters. The summed E-state index contributed by atoms with van der Waals surface area (Å²) >= 11 is 0. The van der Waals surface area contributed by atoms with Crippen molar-refractivity contribution in [3.05, 3.63) is 0 Å². The van der Waals surface area contributed by atoms with Crippen LogP contribution in [-0.2, 0) is 9.47 Å². The van der Waals surface area contributed by atoms with Crippen molar-refractivity contribution in [2.24, 2.45) is 0 Å². The van der Waals surface area contributed by atoms with Gasteiger partial charge in [-0.1, -0.05) is 0 Å². The normalized spacial score (nSPS) is 37.7. The smallest absolute Gasteiger partial charge is 0.0742 e. The fourth-order valence-corrected chi connectivity index (χ4v) is 3.11. The Kier molecular flexibility index (Phi) is 5.01. The molecule has 0 radical (unpaired) electrons. The third-order valence-electron chi connectivity index (χ3n) is 4.57. The summed E-state index contributed by atoms with van der Waals surface area (Å²) in [6.07, 6.45) is 1.49. The zero-order chi connectivity index (χ0) is 13.1. The van der Waals surface area contributed by atoms with Crippen molar-refractivity contribution in [1.82, 2.24) is 9.80 Å². The molecule has 0 amide bonds. The summed E-state index contributed by atoms with van der Waals surface area (Å²) in [5, 5.41) is 0. The van der Waals surface area contributed by atoms with Gasteiger partial charge in [0.1, 0.15) is 0 Å². The van der Waals surface area contributed by atoms with Crippen LogP contribution in [0.5, 0.6) is 0 Å². The Labute approximate surface area is 111 Å². The molecular formula is C14H28N2O2. The molecule has 0 bridgehead atoms. The second-order valence-corrected chi connectivity index (χ2v) is 5.88. The molecule has 2 rings (SSSR count). The van der Waals surface area contributed by atoms with Crippen molar-refractivity contribution in [2.75, 3.05) is 40.0 Å². The molecule has 2 heterocycles. The molecule has 106 valence electrons. The lowest BCUT2D eigenvalue weighted by atomic mass is 10.00. The number of hydrogen-bond acceptors (Lipinski definition) is 4. The van der Waals surface area contributed by atoms with E-state index in [0.717, 1.165) is 39.3 Å². The maximum atomic E-state index is 5.96. The summed E-state index contributed by atoms with van der Waals surface area (Å²) in [7, 11) is 2.20. The number of nitrogens with zero attached hydrogens (tertiary/aromatic N) is 2. The Hall–Kier alpha value is -0.160. The van der Waals surface area contributed by atoms with Gasteiger partial charge in [-0.05, 0) is 34.2 Å². The summed E-state index contributed by atoms with van der Waals surface area (Å²) in [6.45, 7) is 11.6. The van der Waals surface area contributed by atoms with E-state index >= 15 is 0 Å². The molecule has 2 saturated heterocycles. The Morgan fingerprint density at radius 2 is 2.00 bits per heavy atom. The molecule has 0 saturated carbocycles. The van der Waals surface area contributed by atoms with Crippen LogP contribution in [0.1, 0.15) is 27.2 Å². The lowest BCUT2D eigenvalue weighted by molar-refractivity contribution is -0.0801. The third kappa shape index (κ3) is 3.23. The third-order valence-corrected chi connectivity index (χ3v) is 4.57. The predicted octanol–water partition coefficient (Wildman–Crippen LogP) is 1.20. The van der Waals surface area contributed by atoms with Crippen molar-refractivity contribution >= 4 is 0 Å². The first-order valence-electron chi connectivity index (χ1n) is 7.25. The molecule has 0 aromatic rings. The SMILES string of the molecule is CC(CC1OCCN(C)[C@@H]1C)N1CCOC[C@@H]1C. The lowest BCUT2D eigenvalue weighted by Gasteiger charge is -2.42. The predicted molar refractivity (Wildman–Crippen MR) is 72.9 cm³/mol. The highest BCUT2D eigenvalue weighted by Gasteiger charge is 2.31. The molecule has 0 aliphatic carbocycles. The van der Waals surface area contributed by atoms with E-state index < -0.39 is 0 Å². The largest absolute Gasteiger partial charge is 0.379 e. The van der Waals surface area contributed by atoms with E-state index in [1.165, 1.54) is 0 Å². The first-order chi connectivity index (χ1) is 8.59. The Balaban J connectivity index is 1.87. The van der Waals surface area contributed by atoms with Gasteiger partial charge in [0.2, 0.25) is 0 Å². The molecule has 2 aliphatic heterocycles. The van der Waals surface area contributed by atoms with Gasteiger partial charge in [-0.15, -0.1) is 0 Å². The zero-order valence-electron chi connectivity index (χ0n) is 12.3. The van der Waals surface area contributed by atoms with E-state index in [1.54, 1.807) is 0 Å². The quantitative estimate of drug-likeness (QED) is 0.758. The highest BCUT2D eigenvalue weighted by atomic mass is 16.5. The molecule has 0 N–H and O–H groups in total. The molecule has 4 heteroatoms. The van der Waals surface area contributed by atoms with Crippen LogP contribution in [0.2, 0.25) is 0 Å². The van der Waals surface area contributed by atoms with Crippen molar-refractivity contribution in [1.29, 1.82) is 0 Å². The number of likely N-dealkylation sites (N-methyl/N-ethyl adjacent to an activating group) is 1. The molecule has 4 nitrogen and oxygen atoms in total. The van der Waals surface area contributed by atoms with Gasteiger partial charge in [0.15, 0.2) is 0 Å². The molecule has 2 unspecified atom stereocenters. The first kappa shape index (κ1) is 14.3. The van der Waals surface area contributed by atoms with Crippen LogP contribution in [0, 0.1) is 0 Å². The molecule has 2 aliphatic rings. The van der Waals surface area contributed by atoms with Crippen molar-refractivity contribution in [3.8, 4) is 0 Å². The van der Waals surface area contributed by atoms with E-state index in [-0.39, 0.29) is 0 Å². The first-order valence-corrected chi connectivity index (χ1v) is 7.25. The molecule has 0 aromatic carbocycles. The second kappa shape index (κ2) is 6.33. The molecule has 2 fully saturated rings. The van der Waals surface area contributed by atoms with Crippen LogP contribution in [0.15, 0.2) is 0 Å². The maximum absolute atomic E-state index is 5.96. The van der Waals surface area contributed by atoms with E-state index in [2.05, 4.69) is 37.6 Å². The van der Waals surface area contributed by atoms with Crippen LogP contribution < -0.4 is 0 Å². The standard InChI is InChI=1S/C14H28N2O2/c1-11(16-6-7-17-10-12(16)2)9-14-13(3)15(4)5-8-18-14/h11-14H,5-10H2,1-4H3/t11?,12-,13+,14?/m0/s1. The monoisotopic (exact) mass is 256 g/mol. The highest BCUT2D eigenvalue weighted by Crippen LogP contribution is 2.21. The lowest BCUT2D eigenvalue weighted by Crippen LogP contribution is -2.53. The Morgan fingerprint density at radius 3 is 2.72 bits per heavy atom. The van der Waals surface area contributed by atoms with Crippen molar-refractivity contribution in [3.63, 3.8) is 0 Å². The number of rotatable bonds is 3. The Morgan fingerprint density at radius 1 is 1.22 bits per heavy atom. The number of hydrogen-bond donors (Lipinski definition) is 0. The fourth-order valence-electron chi connectivity index (χ4n) is 3.11. The Bertz CT molecular complexity index is 262. The van der Waals surface area contributed by atoms with Crippen LogP contribution in [0.3, 0.4) is 0 Å². The molecule has 0 spiro atoms. The van der Waals surface area contributed by atoms with E-state index in [0.29, 0.717) is 24.2 Å². The van der Waals surface area contributed by atoms with Crippen molar-refractivity contribution < 1.29 is 9.47 Å². The summed E-state index contributed by atoms with van der Waals surface area (Å²) in [6, 6.07) is 1.63. The van der Waals surface area contributed by atoms with Gasteiger partial charge in [0.25, 0.3) is 0 Å². The minimum atomic E-state index is 0.369. The van der Waals surface area contributed by atoms with Gasteiger partial charge < -0.3 is 9.47 Å². The average molecular weight is 256 g/mol. The average Bonchev–Trinajstić information content (AvgIpc) is 2.35. The van der Waals surface area contributed by atoms with Crippen molar-refractivity contribution in [2.45, 2.75) is 51.4 Å². The van der Waals surface area contributed by atoms with Gasteiger partial charge in [-0.3, -0.25) is 9.80 Å². The number of ether oxygens (including phenoxy) is 2. The minimum absolute atomic E-state index is 0.369. The van der Waals surface area contributed by atoms with E-state index in [4.69, 9.17) is 9.47 Å². The van der Waals surface area contributed by atoms with Crippen LogP contribution in [0.4, 0.5) is 0 Å². The summed E-state index contributed by atoms with van der Waals surface area (Å²) < 4.78 is 11.5. The molecule has 0 aromatic heterocycles. The summed E-state index contributed by atoms with van der Waals surface area (Å²) in [4.78, 5) is 4.97. The molecular weight excluding hydrogens is 228 g/mol. The minimum Gasteiger partial charge on any atom is -0.379 e. The maximum Gasteiger partial charge on any atom is 0.0742 e. The number of morpholine rings is 2. The second-order valence-electron chi connectivity index (χ2n) is 5.88. The van der Waals surface area contributed by atoms with Crippen LogP contribution in [0.25, 0.3) is 0 Å². The topological polar surface area (TPSA) is 24.9 Å². The van der Waals surface area contributed by atoms with Gasteiger partial charge in [-0.25, -0.2) is 0 Å². The van der Waals surface area contributed by atoms with Crippen LogP contribution >= 0.6 is 0 Å². The van der Waals surface area contributed by atoms with Gasteiger partial charge >= 0.3 is 0 Å².